The van der Waals surface area contributed by atoms with Crippen molar-refractivity contribution < 1.29 is 4.74 Å². The average Bonchev–Trinajstić information content (AvgIpc) is 3.04. The molecule has 0 aliphatic carbocycles. The summed E-state index contributed by atoms with van der Waals surface area (Å²) in [6.07, 6.45) is 0. The van der Waals surface area contributed by atoms with Gasteiger partial charge in [-0.05, 0) is 44.3 Å². The Morgan fingerprint density at radius 1 is 0.250 bits per heavy atom. The third-order valence-electron chi connectivity index (χ3n) is 7.39. The highest BCUT2D eigenvalue weighted by atomic mass is 28.1. The third kappa shape index (κ3) is 4.84. The second kappa shape index (κ2) is 12.1. The summed E-state index contributed by atoms with van der Waals surface area (Å²) in [7, 11) is 0. The SMILES string of the molecule is [SiH4].c1ccc(C(OC(c2ccccc2)(c2ccccc2)c2ccccc2)(c2ccccc2)c2ccccc2)cc1. The first-order valence-corrected chi connectivity index (χ1v) is 13.4. The van der Waals surface area contributed by atoms with Crippen LogP contribution >= 0.6 is 0 Å². The van der Waals surface area contributed by atoms with Gasteiger partial charge in [-0.1, -0.05) is 182 Å². The van der Waals surface area contributed by atoms with Crippen LogP contribution < -0.4 is 0 Å². The maximum Gasteiger partial charge on any atom is 0.145 e. The van der Waals surface area contributed by atoms with Gasteiger partial charge >= 0.3 is 0 Å². The molecule has 0 saturated heterocycles. The molecular formula is C38H34OSi. The van der Waals surface area contributed by atoms with Crippen LogP contribution in [0.25, 0.3) is 0 Å². The number of rotatable bonds is 8. The monoisotopic (exact) mass is 534 g/mol. The Hall–Kier alpha value is -4.50. The normalized spacial score (nSPS) is 11.4. The predicted octanol–water partition coefficient (Wildman–Crippen LogP) is 7.54. The molecular weight excluding hydrogens is 501 g/mol. The van der Waals surface area contributed by atoms with Crippen molar-refractivity contribution in [2.24, 2.45) is 0 Å². The van der Waals surface area contributed by atoms with Gasteiger partial charge in [0.25, 0.3) is 0 Å². The van der Waals surface area contributed by atoms with E-state index in [1.807, 2.05) is 0 Å². The van der Waals surface area contributed by atoms with E-state index in [4.69, 9.17) is 4.74 Å². The van der Waals surface area contributed by atoms with Crippen molar-refractivity contribution in [2.75, 3.05) is 0 Å². The summed E-state index contributed by atoms with van der Waals surface area (Å²) in [6, 6.07) is 63.5. The fourth-order valence-electron chi connectivity index (χ4n) is 5.62. The second-order valence-corrected chi connectivity index (χ2v) is 9.66. The summed E-state index contributed by atoms with van der Waals surface area (Å²) in [5.41, 5.74) is 4.54. The Bertz CT molecular complexity index is 1270. The van der Waals surface area contributed by atoms with Gasteiger partial charge in [0.15, 0.2) is 0 Å². The molecule has 6 aromatic rings. The quantitative estimate of drug-likeness (QED) is 0.145. The summed E-state index contributed by atoms with van der Waals surface area (Å²) in [5.74, 6) is 0. The van der Waals surface area contributed by atoms with Crippen molar-refractivity contribution in [1.29, 1.82) is 0 Å². The molecule has 2 heteroatoms. The van der Waals surface area contributed by atoms with Crippen molar-refractivity contribution >= 4 is 11.0 Å². The number of hydrogen-bond acceptors (Lipinski definition) is 1. The Morgan fingerprint density at radius 2 is 0.400 bits per heavy atom. The van der Waals surface area contributed by atoms with Gasteiger partial charge < -0.3 is 4.74 Å². The molecule has 0 heterocycles. The molecule has 40 heavy (non-hydrogen) atoms. The second-order valence-electron chi connectivity index (χ2n) is 9.66. The zero-order valence-electron chi connectivity index (χ0n) is 21.7. The summed E-state index contributed by atoms with van der Waals surface area (Å²) in [5, 5.41) is 0. The lowest BCUT2D eigenvalue weighted by atomic mass is 9.75. The van der Waals surface area contributed by atoms with Crippen LogP contribution in [0.3, 0.4) is 0 Å². The van der Waals surface area contributed by atoms with Gasteiger partial charge in [-0.2, -0.15) is 0 Å². The summed E-state index contributed by atoms with van der Waals surface area (Å²) < 4.78 is 7.94. The van der Waals surface area contributed by atoms with E-state index in [1.165, 1.54) is 0 Å². The molecule has 6 rings (SSSR count). The molecule has 0 aromatic heterocycles. The summed E-state index contributed by atoms with van der Waals surface area (Å²) in [4.78, 5) is 0. The summed E-state index contributed by atoms with van der Waals surface area (Å²) in [6.45, 7) is 0. The van der Waals surface area contributed by atoms with Crippen LogP contribution in [-0.4, -0.2) is 11.0 Å². The minimum atomic E-state index is -0.925. The zero-order valence-corrected chi connectivity index (χ0v) is 21.7. The fourth-order valence-corrected chi connectivity index (χ4v) is 5.62. The average molecular weight is 535 g/mol. The topological polar surface area (TPSA) is 9.23 Å². The van der Waals surface area contributed by atoms with Crippen molar-refractivity contribution in [2.45, 2.75) is 11.2 Å². The Balaban J connectivity index is 0.00000323. The van der Waals surface area contributed by atoms with Crippen LogP contribution in [-0.2, 0) is 15.9 Å². The molecule has 196 valence electrons. The van der Waals surface area contributed by atoms with E-state index in [2.05, 4.69) is 182 Å². The van der Waals surface area contributed by atoms with Crippen LogP contribution in [0.5, 0.6) is 0 Å². The van der Waals surface area contributed by atoms with E-state index in [1.54, 1.807) is 0 Å². The van der Waals surface area contributed by atoms with Crippen LogP contribution in [0.15, 0.2) is 182 Å². The number of benzene rings is 6. The minimum absolute atomic E-state index is 0. The molecule has 0 spiro atoms. The lowest BCUT2D eigenvalue weighted by molar-refractivity contribution is -0.0810. The van der Waals surface area contributed by atoms with E-state index in [-0.39, 0.29) is 11.0 Å². The Morgan fingerprint density at radius 3 is 0.550 bits per heavy atom. The molecule has 0 fully saturated rings. The predicted molar refractivity (Wildman–Crippen MR) is 171 cm³/mol. The molecule has 6 aromatic carbocycles. The van der Waals surface area contributed by atoms with Crippen molar-refractivity contribution in [3.05, 3.63) is 215 Å². The maximum absolute atomic E-state index is 7.94. The first-order chi connectivity index (χ1) is 19.3. The van der Waals surface area contributed by atoms with Gasteiger partial charge in [0.05, 0.1) is 0 Å². The molecule has 0 unspecified atom stereocenters. The van der Waals surface area contributed by atoms with Gasteiger partial charge in [0, 0.05) is 0 Å². The molecule has 0 aliphatic heterocycles. The van der Waals surface area contributed by atoms with Gasteiger partial charge in [-0.15, -0.1) is 0 Å². The molecule has 0 atom stereocenters. The van der Waals surface area contributed by atoms with E-state index in [0.29, 0.717) is 0 Å². The Kier molecular flexibility index (Phi) is 8.21. The highest BCUT2D eigenvalue weighted by Crippen LogP contribution is 2.51. The zero-order chi connectivity index (χ0) is 26.4. The molecule has 0 aliphatic rings. The maximum atomic E-state index is 7.94. The van der Waals surface area contributed by atoms with E-state index >= 15 is 0 Å². The van der Waals surface area contributed by atoms with E-state index < -0.39 is 11.2 Å². The first-order valence-electron chi connectivity index (χ1n) is 13.4. The van der Waals surface area contributed by atoms with Crippen LogP contribution in [0.2, 0.25) is 0 Å². The van der Waals surface area contributed by atoms with Crippen LogP contribution in [0.4, 0.5) is 0 Å². The van der Waals surface area contributed by atoms with E-state index in [9.17, 15) is 0 Å². The lowest BCUT2D eigenvalue weighted by Crippen LogP contribution is -2.44. The largest absolute Gasteiger partial charge is 0.340 e. The number of hydrogen-bond donors (Lipinski definition) is 0. The van der Waals surface area contributed by atoms with E-state index in [0.717, 1.165) is 33.4 Å². The number of ether oxygens (including phenoxy) is 1. The molecule has 1 nitrogen and oxygen atoms in total. The minimum Gasteiger partial charge on any atom is -0.340 e. The Labute approximate surface area is 241 Å². The standard InChI is InChI=1S/C38H30O.H4Si/c1-7-19-31(20-8-1)37(32-21-9-2-10-22-32,33-23-11-3-12-24-33)39-38(34-25-13-4-14-26-34,35-27-15-5-16-28-35)36-29-17-6-18-30-36;/h1-30H;1H4. The van der Waals surface area contributed by atoms with Crippen molar-refractivity contribution in [3.8, 4) is 0 Å². The fraction of sp³-hybridized carbons (Fsp3) is 0.0526. The highest BCUT2D eigenvalue weighted by molar-refractivity contribution is 5.75. The summed E-state index contributed by atoms with van der Waals surface area (Å²) >= 11 is 0. The first kappa shape index (κ1) is 27.1. The third-order valence-corrected chi connectivity index (χ3v) is 7.39. The van der Waals surface area contributed by atoms with Crippen LogP contribution in [0.1, 0.15) is 33.4 Å². The molecule has 0 bridgehead atoms. The molecule has 0 N–H and O–H groups in total. The van der Waals surface area contributed by atoms with Gasteiger partial charge in [0.1, 0.15) is 11.2 Å². The van der Waals surface area contributed by atoms with Gasteiger partial charge in [-0.25, -0.2) is 0 Å². The van der Waals surface area contributed by atoms with Crippen molar-refractivity contribution in [3.63, 3.8) is 0 Å². The van der Waals surface area contributed by atoms with Crippen LogP contribution in [0, 0.1) is 0 Å². The van der Waals surface area contributed by atoms with Gasteiger partial charge in [-0.3, -0.25) is 0 Å². The smallest absolute Gasteiger partial charge is 0.145 e. The highest BCUT2D eigenvalue weighted by Gasteiger charge is 2.48. The van der Waals surface area contributed by atoms with Gasteiger partial charge in [0.2, 0.25) is 0 Å². The lowest BCUT2D eigenvalue weighted by Gasteiger charge is -2.46. The molecule has 0 radical (unpaired) electrons. The molecule has 0 amide bonds. The molecule has 0 saturated carbocycles. The van der Waals surface area contributed by atoms with Crippen molar-refractivity contribution in [1.82, 2.24) is 0 Å².